The SMILES string of the molecule is CC(C(=O)O)C(=O)NCC1CCCC1. The maximum atomic E-state index is 11.2. The monoisotopic (exact) mass is 199 g/mol. The number of nitrogens with one attached hydrogen (secondary N) is 1. The minimum atomic E-state index is -1.06. The van der Waals surface area contributed by atoms with E-state index < -0.39 is 11.9 Å². The third-order valence-electron chi connectivity index (χ3n) is 2.80. The highest BCUT2D eigenvalue weighted by Gasteiger charge is 2.22. The van der Waals surface area contributed by atoms with E-state index in [4.69, 9.17) is 5.11 Å². The molecule has 0 aromatic rings. The molecule has 0 spiro atoms. The zero-order chi connectivity index (χ0) is 10.6. The molecule has 2 N–H and O–H groups in total. The van der Waals surface area contributed by atoms with E-state index >= 15 is 0 Å². The maximum Gasteiger partial charge on any atom is 0.315 e. The number of aliphatic carboxylic acids is 1. The summed E-state index contributed by atoms with van der Waals surface area (Å²) in [5, 5.41) is 11.3. The van der Waals surface area contributed by atoms with Gasteiger partial charge in [0, 0.05) is 6.54 Å². The lowest BCUT2D eigenvalue weighted by molar-refractivity contribution is -0.146. The first kappa shape index (κ1) is 11.0. The highest BCUT2D eigenvalue weighted by Crippen LogP contribution is 2.23. The van der Waals surface area contributed by atoms with Crippen LogP contribution >= 0.6 is 0 Å². The van der Waals surface area contributed by atoms with Gasteiger partial charge in [-0.1, -0.05) is 12.8 Å². The van der Waals surface area contributed by atoms with Gasteiger partial charge in [-0.15, -0.1) is 0 Å². The van der Waals surface area contributed by atoms with Crippen molar-refractivity contribution in [2.24, 2.45) is 11.8 Å². The Labute approximate surface area is 83.7 Å². The zero-order valence-electron chi connectivity index (χ0n) is 8.45. The standard InChI is InChI=1S/C10H17NO3/c1-7(10(13)14)9(12)11-6-8-4-2-3-5-8/h7-8H,2-6H2,1H3,(H,11,12)(H,13,14). The smallest absolute Gasteiger partial charge is 0.315 e. The predicted octanol–water partition coefficient (Wildman–Crippen LogP) is 1.01. The molecule has 4 nitrogen and oxygen atoms in total. The molecule has 1 amide bonds. The van der Waals surface area contributed by atoms with Gasteiger partial charge in [-0.05, 0) is 25.7 Å². The second kappa shape index (κ2) is 4.98. The van der Waals surface area contributed by atoms with E-state index in [2.05, 4.69) is 5.32 Å². The van der Waals surface area contributed by atoms with Crippen molar-refractivity contribution in [2.45, 2.75) is 32.6 Å². The second-order valence-corrected chi connectivity index (χ2v) is 3.96. The summed E-state index contributed by atoms with van der Waals surface area (Å²) in [4.78, 5) is 21.7. The van der Waals surface area contributed by atoms with Crippen LogP contribution in [-0.2, 0) is 9.59 Å². The Morgan fingerprint density at radius 2 is 2.00 bits per heavy atom. The molecular weight excluding hydrogens is 182 g/mol. The van der Waals surface area contributed by atoms with Crippen LogP contribution in [0.4, 0.5) is 0 Å². The average Bonchev–Trinajstić information content (AvgIpc) is 2.65. The van der Waals surface area contributed by atoms with E-state index in [1.54, 1.807) is 0 Å². The van der Waals surface area contributed by atoms with Crippen LogP contribution in [0, 0.1) is 11.8 Å². The van der Waals surface area contributed by atoms with Gasteiger partial charge in [0.25, 0.3) is 0 Å². The fourth-order valence-electron chi connectivity index (χ4n) is 1.72. The summed E-state index contributed by atoms with van der Waals surface area (Å²) >= 11 is 0. The Morgan fingerprint density at radius 3 is 2.50 bits per heavy atom. The number of carboxylic acid groups (broad SMARTS) is 1. The Balaban J connectivity index is 2.23. The molecule has 1 atom stereocenters. The summed E-state index contributed by atoms with van der Waals surface area (Å²) < 4.78 is 0. The lowest BCUT2D eigenvalue weighted by Gasteiger charge is -2.12. The van der Waals surface area contributed by atoms with Crippen LogP contribution in [0.25, 0.3) is 0 Å². The third-order valence-corrected chi connectivity index (χ3v) is 2.80. The van der Waals surface area contributed by atoms with Crippen LogP contribution in [0.15, 0.2) is 0 Å². The second-order valence-electron chi connectivity index (χ2n) is 3.96. The Bertz CT molecular complexity index is 221. The number of carbonyl (C=O) groups is 2. The molecule has 1 aliphatic rings. The third kappa shape index (κ3) is 3.01. The van der Waals surface area contributed by atoms with Gasteiger partial charge in [-0.2, -0.15) is 0 Å². The van der Waals surface area contributed by atoms with Crippen molar-refractivity contribution in [1.82, 2.24) is 5.32 Å². The quantitative estimate of drug-likeness (QED) is 0.664. The topological polar surface area (TPSA) is 66.4 Å². The Kier molecular flexibility index (Phi) is 3.92. The molecule has 0 heterocycles. The molecule has 0 saturated heterocycles. The van der Waals surface area contributed by atoms with E-state index in [0.29, 0.717) is 12.5 Å². The summed E-state index contributed by atoms with van der Waals surface area (Å²) in [6.45, 7) is 2.04. The van der Waals surface area contributed by atoms with Gasteiger partial charge in [0.05, 0.1) is 0 Å². The number of carboxylic acids is 1. The van der Waals surface area contributed by atoms with Gasteiger partial charge in [0.15, 0.2) is 0 Å². The minimum Gasteiger partial charge on any atom is -0.481 e. The van der Waals surface area contributed by atoms with Gasteiger partial charge in [-0.25, -0.2) is 0 Å². The van der Waals surface area contributed by atoms with Gasteiger partial charge in [0.1, 0.15) is 5.92 Å². The Morgan fingerprint density at radius 1 is 1.43 bits per heavy atom. The normalized spacial score (nSPS) is 19.2. The molecule has 0 bridgehead atoms. The fraction of sp³-hybridized carbons (Fsp3) is 0.800. The molecule has 1 rings (SSSR count). The number of rotatable bonds is 4. The summed E-state index contributed by atoms with van der Waals surface area (Å²) in [5.41, 5.74) is 0. The van der Waals surface area contributed by atoms with Crippen molar-refractivity contribution in [2.75, 3.05) is 6.54 Å². The summed E-state index contributed by atoms with van der Waals surface area (Å²) in [5.74, 6) is -1.81. The minimum absolute atomic E-state index is 0.371. The van der Waals surface area contributed by atoms with Crippen molar-refractivity contribution in [3.05, 3.63) is 0 Å². The maximum absolute atomic E-state index is 11.2. The van der Waals surface area contributed by atoms with Crippen LogP contribution in [-0.4, -0.2) is 23.5 Å². The molecule has 0 aromatic heterocycles. The van der Waals surface area contributed by atoms with Gasteiger partial charge >= 0.3 is 5.97 Å². The van der Waals surface area contributed by atoms with E-state index in [0.717, 1.165) is 12.8 Å². The van der Waals surface area contributed by atoms with E-state index in [1.807, 2.05) is 0 Å². The van der Waals surface area contributed by atoms with Gasteiger partial charge < -0.3 is 10.4 Å². The first-order valence-corrected chi connectivity index (χ1v) is 5.11. The largest absolute Gasteiger partial charge is 0.481 e. The molecule has 14 heavy (non-hydrogen) atoms. The average molecular weight is 199 g/mol. The predicted molar refractivity (Wildman–Crippen MR) is 51.8 cm³/mol. The van der Waals surface area contributed by atoms with E-state index in [1.165, 1.54) is 19.8 Å². The van der Waals surface area contributed by atoms with Crippen LogP contribution in [0.5, 0.6) is 0 Å². The molecule has 0 aliphatic heterocycles. The molecule has 80 valence electrons. The zero-order valence-corrected chi connectivity index (χ0v) is 8.45. The lowest BCUT2D eigenvalue weighted by atomic mass is 10.1. The lowest BCUT2D eigenvalue weighted by Crippen LogP contribution is -2.36. The van der Waals surface area contributed by atoms with Crippen LogP contribution in [0.2, 0.25) is 0 Å². The summed E-state index contributed by atoms with van der Waals surface area (Å²) in [6.07, 6.45) is 4.77. The molecular formula is C10H17NO3. The van der Waals surface area contributed by atoms with Crippen LogP contribution < -0.4 is 5.32 Å². The highest BCUT2D eigenvalue weighted by atomic mass is 16.4. The van der Waals surface area contributed by atoms with E-state index in [-0.39, 0.29) is 5.91 Å². The molecule has 1 fully saturated rings. The number of amides is 1. The highest BCUT2D eigenvalue weighted by molar-refractivity contribution is 5.96. The van der Waals surface area contributed by atoms with E-state index in [9.17, 15) is 9.59 Å². The first-order valence-electron chi connectivity index (χ1n) is 5.11. The van der Waals surface area contributed by atoms with Crippen molar-refractivity contribution >= 4 is 11.9 Å². The van der Waals surface area contributed by atoms with Crippen molar-refractivity contribution in [3.8, 4) is 0 Å². The molecule has 1 saturated carbocycles. The molecule has 1 unspecified atom stereocenters. The number of hydrogen-bond acceptors (Lipinski definition) is 2. The van der Waals surface area contributed by atoms with Crippen LogP contribution in [0.3, 0.4) is 0 Å². The van der Waals surface area contributed by atoms with Crippen LogP contribution in [0.1, 0.15) is 32.6 Å². The summed E-state index contributed by atoms with van der Waals surface area (Å²) in [7, 11) is 0. The molecule has 1 aliphatic carbocycles. The first-order chi connectivity index (χ1) is 6.61. The summed E-state index contributed by atoms with van der Waals surface area (Å²) in [6, 6.07) is 0. The van der Waals surface area contributed by atoms with Crippen molar-refractivity contribution in [3.63, 3.8) is 0 Å². The molecule has 0 aromatic carbocycles. The van der Waals surface area contributed by atoms with Gasteiger partial charge in [-0.3, -0.25) is 9.59 Å². The number of hydrogen-bond donors (Lipinski definition) is 2. The molecule has 0 radical (unpaired) electrons. The fourth-order valence-corrected chi connectivity index (χ4v) is 1.72. The van der Waals surface area contributed by atoms with Crippen molar-refractivity contribution < 1.29 is 14.7 Å². The van der Waals surface area contributed by atoms with Crippen molar-refractivity contribution in [1.29, 1.82) is 0 Å². The molecule has 4 heteroatoms. The number of carbonyl (C=O) groups excluding carboxylic acids is 1. The van der Waals surface area contributed by atoms with Gasteiger partial charge in [0.2, 0.25) is 5.91 Å². The Hall–Kier alpha value is -1.06.